The van der Waals surface area contributed by atoms with E-state index in [1.54, 1.807) is 6.07 Å². The molecular weight excluding hydrogens is 323 g/mol. The van der Waals surface area contributed by atoms with E-state index in [9.17, 15) is 18.0 Å². The van der Waals surface area contributed by atoms with Crippen LogP contribution in [0.5, 0.6) is 5.75 Å². The summed E-state index contributed by atoms with van der Waals surface area (Å²) in [5, 5.41) is 0. The molecule has 0 aliphatic heterocycles. The Morgan fingerprint density at radius 2 is 1.88 bits per heavy atom. The average Bonchev–Trinajstić information content (AvgIpc) is 2.87. The Morgan fingerprint density at radius 1 is 1.12 bits per heavy atom. The van der Waals surface area contributed by atoms with Gasteiger partial charge in [0.15, 0.2) is 0 Å². The van der Waals surface area contributed by atoms with Gasteiger partial charge in [-0.1, -0.05) is 24.3 Å². The monoisotopic (exact) mass is 337 g/mol. The van der Waals surface area contributed by atoms with Gasteiger partial charge < -0.3 is 15.2 Å². The molecule has 126 valence electrons. The molecule has 7 heteroatoms. The predicted molar refractivity (Wildman–Crippen MR) is 80.3 cm³/mol. The van der Waals surface area contributed by atoms with Crippen molar-refractivity contribution in [3.05, 3.63) is 53.6 Å². The Bertz CT molecular complexity index is 774. The molecule has 1 aliphatic carbocycles. The zero-order valence-electron chi connectivity index (χ0n) is 12.5. The number of halogens is 3. The molecule has 1 aliphatic rings. The summed E-state index contributed by atoms with van der Waals surface area (Å²) in [5.74, 6) is -0.287. The van der Waals surface area contributed by atoms with Gasteiger partial charge in [0.25, 0.3) is 0 Å². The second kappa shape index (κ2) is 6.07. The summed E-state index contributed by atoms with van der Waals surface area (Å²) in [7, 11) is 0. The molecule has 2 aromatic carbocycles. The minimum absolute atomic E-state index is 0.287. The van der Waals surface area contributed by atoms with Gasteiger partial charge in [-0.3, -0.25) is 0 Å². The van der Waals surface area contributed by atoms with Gasteiger partial charge in [0.1, 0.15) is 11.9 Å². The lowest BCUT2D eigenvalue weighted by Gasteiger charge is -2.13. The Balaban J connectivity index is 1.91. The fraction of sp³-hybridized carbons (Fsp3) is 0.235. The molecule has 4 nitrogen and oxygen atoms in total. The van der Waals surface area contributed by atoms with Gasteiger partial charge in [0.05, 0.1) is 0 Å². The molecule has 0 heterocycles. The van der Waals surface area contributed by atoms with E-state index in [1.165, 1.54) is 18.2 Å². The van der Waals surface area contributed by atoms with Gasteiger partial charge in [-0.05, 0) is 53.3 Å². The fourth-order valence-corrected chi connectivity index (χ4v) is 2.88. The van der Waals surface area contributed by atoms with E-state index in [-0.39, 0.29) is 5.75 Å². The van der Waals surface area contributed by atoms with Crippen LogP contribution in [0.3, 0.4) is 0 Å². The predicted octanol–water partition coefficient (Wildman–Crippen LogP) is 4.33. The number of alkyl halides is 3. The summed E-state index contributed by atoms with van der Waals surface area (Å²) in [6.45, 7) is 0. The lowest BCUT2D eigenvalue weighted by Crippen LogP contribution is -2.17. The summed E-state index contributed by atoms with van der Waals surface area (Å²) >= 11 is 0. The zero-order valence-corrected chi connectivity index (χ0v) is 12.5. The number of carbonyl (C=O) groups is 1. The molecule has 0 spiro atoms. The standard InChI is InChI=1S/C17H14F3NO3/c18-17(19,20)24-13-3-1-2-11(8-13)12-5-4-10-6-7-15(14(10)9-12)23-16(21)22/h1-5,8-9,15H,6-7H2,(H2,21,22). The number of nitrogens with two attached hydrogens (primary N) is 1. The molecule has 1 atom stereocenters. The molecule has 0 saturated heterocycles. The number of hydrogen-bond acceptors (Lipinski definition) is 3. The number of amides is 1. The molecule has 0 saturated carbocycles. The molecule has 1 amide bonds. The zero-order chi connectivity index (χ0) is 17.3. The second-order valence-electron chi connectivity index (χ2n) is 5.45. The number of fused-ring (bicyclic) bond motifs is 1. The first-order valence-corrected chi connectivity index (χ1v) is 7.27. The third-order valence-corrected chi connectivity index (χ3v) is 3.83. The average molecular weight is 337 g/mol. The normalized spacial score (nSPS) is 16.5. The van der Waals surface area contributed by atoms with E-state index in [1.807, 2.05) is 18.2 Å². The summed E-state index contributed by atoms with van der Waals surface area (Å²) < 4.78 is 46.1. The number of aryl methyl sites for hydroxylation is 1. The summed E-state index contributed by atoms with van der Waals surface area (Å²) in [4.78, 5) is 11.0. The molecule has 2 N–H and O–H groups in total. The van der Waals surface area contributed by atoms with Gasteiger partial charge in [-0.25, -0.2) is 4.79 Å². The molecule has 0 aromatic heterocycles. The summed E-state index contributed by atoms with van der Waals surface area (Å²) in [5.41, 5.74) is 8.22. The summed E-state index contributed by atoms with van der Waals surface area (Å²) in [6.07, 6.45) is -4.62. The third kappa shape index (κ3) is 3.61. The van der Waals surface area contributed by atoms with Crippen molar-refractivity contribution in [3.63, 3.8) is 0 Å². The highest BCUT2D eigenvalue weighted by Crippen LogP contribution is 2.37. The molecule has 0 fully saturated rings. The van der Waals surface area contributed by atoms with E-state index >= 15 is 0 Å². The van der Waals surface area contributed by atoms with E-state index in [0.717, 1.165) is 17.5 Å². The molecule has 1 unspecified atom stereocenters. The van der Waals surface area contributed by atoms with Gasteiger partial charge >= 0.3 is 12.5 Å². The van der Waals surface area contributed by atoms with Crippen LogP contribution in [-0.4, -0.2) is 12.5 Å². The van der Waals surface area contributed by atoms with Gasteiger partial charge in [-0.15, -0.1) is 13.2 Å². The maximum Gasteiger partial charge on any atom is 0.573 e. The van der Waals surface area contributed by atoms with E-state index in [0.29, 0.717) is 17.5 Å². The molecule has 0 radical (unpaired) electrons. The van der Waals surface area contributed by atoms with Crippen molar-refractivity contribution in [1.82, 2.24) is 0 Å². The first-order valence-electron chi connectivity index (χ1n) is 7.27. The Kier molecular flexibility index (Phi) is 4.09. The lowest BCUT2D eigenvalue weighted by molar-refractivity contribution is -0.274. The van der Waals surface area contributed by atoms with Crippen molar-refractivity contribution < 1.29 is 27.4 Å². The molecule has 3 rings (SSSR count). The highest BCUT2D eigenvalue weighted by molar-refractivity contribution is 5.68. The number of hydrogen-bond donors (Lipinski definition) is 1. The summed E-state index contributed by atoms with van der Waals surface area (Å²) in [6, 6.07) is 11.2. The maximum atomic E-state index is 12.3. The van der Waals surface area contributed by atoms with Gasteiger partial charge in [0.2, 0.25) is 0 Å². The largest absolute Gasteiger partial charge is 0.573 e. The van der Waals surface area contributed by atoms with Crippen LogP contribution in [0.1, 0.15) is 23.7 Å². The lowest BCUT2D eigenvalue weighted by atomic mass is 10.00. The topological polar surface area (TPSA) is 61.6 Å². The van der Waals surface area contributed by atoms with Gasteiger partial charge in [-0.2, -0.15) is 0 Å². The van der Waals surface area contributed by atoms with Crippen LogP contribution in [0, 0.1) is 0 Å². The van der Waals surface area contributed by atoms with Crippen molar-refractivity contribution in [1.29, 1.82) is 0 Å². The van der Waals surface area contributed by atoms with Crippen LogP contribution in [0.2, 0.25) is 0 Å². The minimum Gasteiger partial charge on any atom is -0.441 e. The van der Waals surface area contributed by atoms with E-state index < -0.39 is 18.6 Å². The van der Waals surface area contributed by atoms with Crippen LogP contribution >= 0.6 is 0 Å². The third-order valence-electron chi connectivity index (χ3n) is 3.83. The fourth-order valence-electron chi connectivity index (χ4n) is 2.88. The smallest absolute Gasteiger partial charge is 0.441 e. The SMILES string of the molecule is NC(=O)OC1CCc2ccc(-c3cccc(OC(F)(F)F)c3)cc21. The first kappa shape index (κ1) is 16.2. The van der Waals surface area contributed by atoms with Crippen molar-refractivity contribution in [3.8, 4) is 16.9 Å². The van der Waals surface area contributed by atoms with Crippen LogP contribution in [-0.2, 0) is 11.2 Å². The van der Waals surface area contributed by atoms with E-state index in [4.69, 9.17) is 10.5 Å². The molecule has 24 heavy (non-hydrogen) atoms. The van der Waals surface area contributed by atoms with Crippen LogP contribution in [0.15, 0.2) is 42.5 Å². The number of carbonyl (C=O) groups excluding carboxylic acids is 1. The van der Waals surface area contributed by atoms with Crippen LogP contribution in [0.4, 0.5) is 18.0 Å². The van der Waals surface area contributed by atoms with Gasteiger partial charge in [0, 0.05) is 0 Å². The van der Waals surface area contributed by atoms with Crippen molar-refractivity contribution in [2.75, 3.05) is 0 Å². The van der Waals surface area contributed by atoms with E-state index in [2.05, 4.69) is 4.74 Å². The molecular formula is C17H14F3NO3. The Labute approximate surface area is 136 Å². The van der Waals surface area contributed by atoms with Crippen molar-refractivity contribution in [2.45, 2.75) is 25.3 Å². The highest BCUT2D eigenvalue weighted by atomic mass is 19.4. The second-order valence-corrected chi connectivity index (χ2v) is 5.45. The number of ether oxygens (including phenoxy) is 2. The van der Waals surface area contributed by atoms with Crippen molar-refractivity contribution in [2.24, 2.45) is 5.73 Å². The van der Waals surface area contributed by atoms with Crippen LogP contribution in [0.25, 0.3) is 11.1 Å². The Hall–Kier alpha value is -2.70. The quantitative estimate of drug-likeness (QED) is 0.906. The maximum absolute atomic E-state index is 12.3. The minimum atomic E-state index is -4.74. The highest BCUT2D eigenvalue weighted by Gasteiger charge is 2.31. The van der Waals surface area contributed by atoms with Crippen molar-refractivity contribution >= 4 is 6.09 Å². The number of rotatable bonds is 3. The number of primary amides is 1. The van der Waals surface area contributed by atoms with Crippen LogP contribution < -0.4 is 10.5 Å². The Morgan fingerprint density at radius 3 is 2.58 bits per heavy atom. The molecule has 0 bridgehead atoms. The molecule has 2 aromatic rings. The first-order chi connectivity index (χ1) is 11.3. The number of benzene rings is 2.